The Morgan fingerprint density at radius 1 is 1.35 bits per heavy atom. The molecule has 1 aromatic heterocycles. The van der Waals surface area contributed by atoms with Crippen molar-refractivity contribution < 1.29 is 18.3 Å². The third kappa shape index (κ3) is 4.95. The SMILES string of the molecule is CCNC(=O)[C@@H](C)Sc1nnc([C@H](C)Oc2ccc(F)cc2)o1. The molecule has 8 heteroatoms. The minimum Gasteiger partial charge on any atom is -0.481 e. The van der Waals surface area contributed by atoms with Crippen LogP contribution in [-0.2, 0) is 4.79 Å². The van der Waals surface area contributed by atoms with Crippen LogP contribution < -0.4 is 10.1 Å². The number of amides is 1. The van der Waals surface area contributed by atoms with Crippen LogP contribution in [0.15, 0.2) is 33.9 Å². The van der Waals surface area contributed by atoms with Gasteiger partial charge in [-0.15, -0.1) is 10.2 Å². The zero-order valence-corrected chi connectivity index (χ0v) is 13.9. The number of rotatable bonds is 7. The van der Waals surface area contributed by atoms with Gasteiger partial charge in [0.1, 0.15) is 11.6 Å². The predicted molar refractivity (Wildman–Crippen MR) is 83.7 cm³/mol. The van der Waals surface area contributed by atoms with Gasteiger partial charge in [0.25, 0.3) is 11.1 Å². The van der Waals surface area contributed by atoms with Crippen molar-refractivity contribution in [3.05, 3.63) is 36.0 Å². The van der Waals surface area contributed by atoms with E-state index in [4.69, 9.17) is 9.15 Å². The molecule has 0 fully saturated rings. The topological polar surface area (TPSA) is 77.2 Å². The number of nitrogens with zero attached hydrogens (tertiary/aromatic N) is 2. The largest absolute Gasteiger partial charge is 0.481 e. The second-order valence-electron chi connectivity index (χ2n) is 4.77. The van der Waals surface area contributed by atoms with E-state index in [1.807, 2.05) is 6.92 Å². The van der Waals surface area contributed by atoms with Gasteiger partial charge in [0, 0.05) is 6.54 Å². The van der Waals surface area contributed by atoms with Crippen molar-refractivity contribution in [1.82, 2.24) is 15.5 Å². The Labute approximate surface area is 137 Å². The van der Waals surface area contributed by atoms with E-state index in [2.05, 4.69) is 15.5 Å². The van der Waals surface area contributed by atoms with Crippen LogP contribution in [0.1, 0.15) is 32.8 Å². The molecule has 2 rings (SSSR count). The Kier molecular flexibility index (Phi) is 5.97. The molecule has 124 valence electrons. The fourth-order valence-corrected chi connectivity index (χ4v) is 2.44. The van der Waals surface area contributed by atoms with Gasteiger partial charge in [-0.3, -0.25) is 4.79 Å². The molecule has 2 atom stereocenters. The Bertz CT molecular complexity index is 648. The lowest BCUT2D eigenvalue weighted by atomic mass is 10.3. The average molecular weight is 339 g/mol. The highest BCUT2D eigenvalue weighted by Crippen LogP contribution is 2.26. The Hall–Kier alpha value is -2.09. The maximum absolute atomic E-state index is 12.9. The van der Waals surface area contributed by atoms with E-state index in [1.54, 1.807) is 13.8 Å². The zero-order chi connectivity index (χ0) is 16.8. The summed E-state index contributed by atoms with van der Waals surface area (Å²) in [6.07, 6.45) is -0.484. The molecule has 0 saturated carbocycles. The van der Waals surface area contributed by atoms with Crippen molar-refractivity contribution in [3.63, 3.8) is 0 Å². The molecular weight excluding hydrogens is 321 g/mol. The van der Waals surface area contributed by atoms with Crippen molar-refractivity contribution in [2.45, 2.75) is 37.3 Å². The lowest BCUT2D eigenvalue weighted by Crippen LogP contribution is -2.30. The highest BCUT2D eigenvalue weighted by Gasteiger charge is 2.20. The minimum absolute atomic E-state index is 0.0899. The molecule has 0 radical (unpaired) electrons. The number of nitrogens with one attached hydrogen (secondary N) is 1. The van der Waals surface area contributed by atoms with Crippen LogP contribution in [0.3, 0.4) is 0 Å². The average Bonchev–Trinajstić information content (AvgIpc) is 2.98. The summed E-state index contributed by atoms with van der Waals surface area (Å²) in [5.41, 5.74) is 0. The summed E-state index contributed by atoms with van der Waals surface area (Å²) < 4.78 is 24.0. The van der Waals surface area contributed by atoms with Gasteiger partial charge in [0.05, 0.1) is 5.25 Å². The number of aromatic nitrogens is 2. The normalized spacial score (nSPS) is 13.4. The molecule has 0 aliphatic heterocycles. The summed E-state index contributed by atoms with van der Waals surface area (Å²) in [5.74, 6) is 0.371. The molecule has 23 heavy (non-hydrogen) atoms. The number of thioether (sulfide) groups is 1. The van der Waals surface area contributed by atoms with Crippen molar-refractivity contribution in [3.8, 4) is 5.75 Å². The van der Waals surface area contributed by atoms with Gasteiger partial charge in [-0.25, -0.2) is 4.39 Å². The molecular formula is C15H18FN3O3S. The highest BCUT2D eigenvalue weighted by molar-refractivity contribution is 8.00. The van der Waals surface area contributed by atoms with Crippen LogP contribution in [0.25, 0.3) is 0 Å². The third-order valence-corrected chi connectivity index (χ3v) is 3.83. The van der Waals surface area contributed by atoms with E-state index in [0.29, 0.717) is 23.4 Å². The van der Waals surface area contributed by atoms with Crippen LogP contribution >= 0.6 is 11.8 Å². The van der Waals surface area contributed by atoms with Crippen molar-refractivity contribution in [2.75, 3.05) is 6.54 Å². The van der Waals surface area contributed by atoms with Gasteiger partial charge in [-0.2, -0.15) is 0 Å². The molecule has 0 unspecified atom stereocenters. The maximum Gasteiger partial charge on any atom is 0.277 e. The summed E-state index contributed by atoms with van der Waals surface area (Å²) in [4.78, 5) is 11.7. The van der Waals surface area contributed by atoms with E-state index in [-0.39, 0.29) is 17.0 Å². The number of ether oxygens (including phenoxy) is 1. The molecule has 1 heterocycles. The molecule has 0 aliphatic carbocycles. The Morgan fingerprint density at radius 2 is 2.04 bits per heavy atom. The van der Waals surface area contributed by atoms with Crippen LogP contribution in [0.4, 0.5) is 4.39 Å². The first kappa shape index (κ1) is 17.3. The summed E-state index contributed by atoms with van der Waals surface area (Å²) in [7, 11) is 0. The molecule has 0 saturated heterocycles. The number of hydrogen-bond acceptors (Lipinski definition) is 6. The highest BCUT2D eigenvalue weighted by atomic mass is 32.2. The molecule has 0 spiro atoms. The zero-order valence-electron chi connectivity index (χ0n) is 13.1. The first-order valence-corrected chi connectivity index (χ1v) is 8.07. The van der Waals surface area contributed by atoms with E-state index in [0.717, 1.165) is 0 Å². The van der Waals surface area contributed by atoms with Crippen molar-refractivity contribution >= 4 is 17.7 Å². The fourth-order valence-electron chi connectivity index (χ4n) is 1.72. The second kappa shape index (κ2) is 7.96. The third-order valence-electron chi connectivity index (χ3n) is 2.89. The summed E-state index contributed by atoms with van der Waals surface area (Å²) in [6, 6.07) is 5.67. The number of hydrogen-bond donors (Lipinski definition) is 1. The standard InChI is InChI=1S/C15H18FN3O3S/c1-4-17-13(20)10(3)23-15-19-18-14(22-15)9(2)21-12-7-5-11(16)6-8-12/h5-10H,4H2,1-3H3,(H,17,20)/t9-,10+/m0/s1. The lowest BCUT2D eigenvalue weighted by molar-refractivity contribution is -0.120. The number of benzene rings is 1. The van der Waals surface area contributed by atoms with Crippen LogP contribution in [0.5, 0.6) is 5.75 Å². The Balaban J connectivity index is 1.95. The van der Waals surface area contributed by atoms with Crippen LogP contribution in [0.2, 0.25) is 0 Å². The molecule has 1 amide bonds. The maximum atomic E-state index is 12.9. The molecule has 1 aromatic carbocycles. The van der Waals surface area contributed by atoms with Gasteiger partial charge in [-0.05, 0) is 45.0 Å². The fraction of sp³-hybridized carbons (Fsp3) is 0.400. The smallest absolute Gasteiger partial charge is 0.277 e. The van der Waals surface area contributed by atoms with Crippen LogP contribution in [0, 0.1) is 5.82 Å². The number of carbonyl (C=O) groups excluding carboxylic acids is 1. The van der Waals surface area contributed by atoms with E-state index in [1.165, 1.54) is 36.0 Å². The minimum atomic E-state index is -0.484. The van der Waals surface area contributed by atoms with Gasteiger partial charge in [0.15, 0.2) is 6.10 Å². The van der Waals surface area contributed by atoms with E-state index >= 15 is 0 Å². The number of halogens is 1. The molecule has 1 N–H and O–H groups in total. The number of carbonyl (C=O) groups is 1. The summed E-state index contributed by atoms with van der Waals surface area (Å²) in [5, 5.41) is 10.5. The molecule has 2 aromatic rings. The summed E-state index contributed by atoms with van der Waals surface area (Å²) >= 11 is 1.18. The Morgan fingerprint density at radius 3 is 2.70 bits per heavy atom. The van der Waals surface area contributed by atoms with Crippen LogP contribution in [-0.4, -0.2) is 27.9 Å². The summed E-state index contributed by atoms with van der Waals surface area (Å²) in [6.45, 7) is 5.94. The monoisotopic (exact) mass is 339 g/mol. The van der Waals surface area contributed by atoms with Crippen molar-refractivity contribution in [2.24, 2.45) is 0 Å². The second-order valence-corrected chi connectivity index (χ2v) is 6.07. The first-order valence-electron chi connectivity index (χ1n) is 7.19. The van der Waals surface area contributed by atoms with Gasteiger partial charge in [0.2, 0.25) is 5.91 Å². The molecule has 0 aliphatic rings. The quantitative estimate of drug-likeness (QED) is 0.782. The van der Waals surface area contributed by atoms with Gasteiger partial charge < -0.3 is 14.5 Å². The van der Waals surface area contributed by atoms with Gasteiger partial charge >= 0.3 is 0 Å². The predicted octanol–water partition coefficient (Wildman–Crippen LogP) is 2.97. The van der Waals surface area contributed by atoms with Gasteiger partial charge in [-0.1, -0.05) is 11.8 Å². The van der Waals surface area contributed by atoms with E-state index in [9.17, 15) is 9.18 Å². The first-order chi connectivity index (χ1) is 11.0. The lowest BCUT2D eigenvalue weighted by Gasteiger charge is -2.10. The van der Waals surface area contributed by atoms with E-state index < -0.39 is 6.10 Å². The molecule has 6 nitrogen and oxygen atoms in total. The molecule has 0 bridgehead atoms. The van der Waals surface area contributed by atoms with Crippen molar-refractivity contribution in [1.29, 1.82) is 0 Å².